The van der Waals surface area contributed by atoms with Gasteiger partial charge in [0.15, 0.2) is 0 Å². The molecule has 0 aromatic carbocycles. The average Bonchev–Trinajstić information content (AvgIpc) is 2.85. The van der Waals surface area contributed by atoms with E-state index in [4.69, 9.17) is 0 Å². The van der Waals surface area contributed by atoms with Crippen molar-refractivity contribution in [1.82, 2.24) is 14.8 Å². The van der Waals surface area contributed by atoms with Crippen molar-refractivity contribution < 1.29 is 5.11 Å². The lowest BCUT2D eigenvalue weighted by molar-refractivity contribution is 0.166. The number of rotatable bonds is 4. The molecule has 0 saturated heterocycles. The number of aromatic nitrogens is 3. The van der Waals surface area contributed by atoms with Crippen LogP contribution in [0.2, 0.25) is 0 Å². The van der Waals surface area contributed by atoms with Gasteiger partial charge in [0.1, 0.15) is 11.1 Å². The van der Waals surface area contributed by atoms with Gasteiger partial charge in [-0.25, -0.2) is 4.98 Å². The minimum atomic E-state index is -0.458. The first-order valence-corrected chi connectivity index (χ1v) is 5.69. The molecule has 0 radical (unpaired) electrons. The molecule has 15 heavy (non-hydrogen) atoms. The van der Waals surface area contributed by atoms with Crippen molar-refractivity contribution in [3.05, 3.63) is 34.5 Å². The Hall–Kier alpha value is -1.20. The first-order chi connectivity index (χ1) is 7.27. The lowest BCUT2D eigenvalue weighted by atomic mass is 10.1. The minimum Gasteiger partial charge on any atom is -0.386 e. The van der Waals surface area contributed by atoms with Gasteiger partial charge >= 0.3 is 0 Å². The Kier molecular flexibility index (Phi) is 3.13. The normalized spacial score (nSPS) is 12.9. The summed E-state index contributed by atoms with van der Waals surface area (Å²) in [4.78, 5) is 4.08. The van der Waals surface area contributed by atoms with E-state index in [-0.39, 0.29) is 0 Å². The van der Waals surface area contributed by atoms with Gasteiger partial charge in [0.25, 0.3) is 0 Å². The summed E-state index contributed by atoms with van der Waals surface area (Å²) in [7, 11) is 1.91. The maximum absolute atomic E-state index is 9.82. The predicted octanol–water partition coefficient (Wildman–Crippen LogP) is 1.54. The third kappa shape index (κ3) is 2.43. The van der Waals surface area contributed by atoms with Crippen molar-refractivity contribution in [2.45, 2.75) is 18.9 Å². The summed E-state index contributed by atoms with van der Waals surface area (Å²) in [5.41, 5.74) is 1.13. The van der Waals surface area contributed by atoms with Gasteiger partial charge in [0.05, 0.1) is 0 Å². The van der Waals surface area contributed by atoms with Crippen molar-refractivity contribution in [3.8, 4) is 0 Å². The fourth-order valence-electron chi connectivity index (χ4n) is 1.45. The standard InChI is InChI=1S/C10H13N3OS/c1-13-8(4-5-12-13)2-3-9(14)10-11-6-7-15-10/h4-7,9,14H,2-3H2,1H3. The second-order valence-corrected chi connectivity index (χ2v) is 4.30. The molecule has 2 aromatic heterocycles. The van der Waals surface area contributed by atoms with Crippen molar-refractivity contribution >= 4 is 11.3 Å². The van der Waals surface area contributed by atoms with E-state index < -0.39 is 6.10 Å². The lowest BCUT2D eigenvalue weighted by Crippen LogP contribution is -2.03. The van der Waals surface area contributed by atoms with Crippen molar-refractivity contribution in [1.29, 1.82) is 0 Å². The highest BCUT2D eigenvalue weighted by atomic mass is 32.1. The van der Waals surface area contributed by atoms with Crippen LogP contribution < -0.4 is 0 Å². The average molecular weight is 223 g/mol. The van der Waals surface area contributed by atoms with Crippen molar-refractivity contribution in [3.63, 3.8) is 0 Å². The van der Waals surface area contributed by atoms with E-state index in [1.54, 1.807) is 12.4 Å². The summed E-state index contributed by atoms with van der Waals surface area (Å²) < 4.78 is 1.83. The second kappa shape index (κ2) is 4.55. The maximum atomic E-state index is 9.82. The summed E-state index contributed by atoms with van der Waals surface area (Å²) >= 11 is 1.49. The molecule has 0 aliphatic carbocycles. The zero-order valence-corrected chi connectivity index (χ0v) is 9.31. The molecule has 0 aliphatic rings. The number of hydrogen-bond donors (Lipinski definition) is 1. The van der Waals surface area contributed by atoms with Crippen LogP contribution >= 0.6 is 11.3 Å². The van der Waals surface area contributed by atoms with E-state index in [2.05, 4.69) is 10.1 Å². The zero-order valence-electron chi connectivity index (χ0n) is 8.50. The Morgan fingerprint density at radius 1 is 1.53 bits per heavy atom. The third-order valence-corrected chi connectivity index (χ3v) is 3.21. The quantitative estimate of drug-likeness (QED) is 0.855. The Balaban J connectivity index is 1.91. The molecule has 1 atom stereocenters. The molecule has 2 rings (SSSR count). The summed E-state index contributed by atoms with van der Waals surface area (Å²) in [6, 6.07) is 1.97. The van der Waals surface area contributed by atoms with Gasteiger partial charge in [-0.3, -0.25) is 4.68 Å². The summed E-state index contributed by atoms with van der Waals surface area (Å²) in [6.07, 6.45) is 4.53. The molecule has 0 amide bonds. The van der Waals surface area contributed by atoms with Gasteiger partial charge in [0, 0.05) is 30.5 Å². The van der Waals surface area contributed by atoms with E-state index in [1.807, 2.05) is 23.2 Å². The molecule has 0 fully saturated rings. The molecular formula is C10H13N3OS. The molecule has 0 aliphatic heterocycles. The van der Waals surface area contributed by atoms with E-state index >= 15 is 0 Å². The number of aryl methyl sites for hydroxylation is 2. The molecular weight excluding hydrogens is 210 g/mol. The predicted molar refractivity (Wildman–Crippen MR) is 58.6 cm³/mol. The summed E-state index contributed by atoms with van der Waals surface area (Å²) in [6.45, 7) is 0. The Morgan fingerprint density at radius 3 is 3.00 bits per heavy atom. The maximum Gasteiger partial charge on any atom is 0.121 e. The van der Waals surface area contributed by atoms with Crippen LogP contribution in [0.15, 0.2) is 23.8 Å². The number of aliphatic hydroxyl groups excluding tert-OH is 1. The molecule has 4 nitrogen and oxygen atoms in total. The van der Waals surface area contributed by atoms with Crippen LogP contribution in [0.1, 0.15) is 23.2 Å². The second-order valence-electron chi connectivity index (χ2n) is 3.37. The minimum absolute atomic E-state index is 0.458. The SMILES string of the molecule is Cn1nccc1CCC(O)c1nccs1. The molecule has 2 aromatic rings. The molecule has 1 N–H and O–H groups in total. The van der Waals surface area contributed by atoms with E-state index in [0.29, 0.717) is 6.42 Å². The highest BCUT2D eigenvalue weighted by Crippen LogP contribution is 2.20. The summed E-state index contributed by atoms with van der Waals surface area (Å²) in [5.74, 6) is 0. The summed E-state index contributed by atoms with van der Waals surface area (Å²) in [5, 5.41) is 16.6. The van der Waals surface area contributed by atoms with Crippen LogP contribution in [-0.4, -0.2) is 19.9 Å². The number of aliphatic hydroxyl groups is 1. The van der Waals surface area contributed by atoms with Gasteiger partial charge in [-0.1, -0.05) is 0 Å². The van der Waals surface area contributed by atoms with Gasteiger partial charge < -0.3 is 5.11 Å². The van der Waals surface area contributed by atoms with E-state index in [0.717, 1.165) is 17.1 Å². The molecule has 0 bridgehead atoms. The Bertz CT molecular complexity index is 410. The highest BCUT2D eigenvalue weighted by molar-refractivity contribution is 7.09. The fraction of sp³-hybridized carbons (Fsp3) is 0.400. The molecule has 80 valence electrons. The van der Waals surface area contributed by atoms with Gasteiger partial charge in [-0.15, -0.1) is 11.3 Å². The van der Waals surface area contributed by atoms with Gasteiger partial charge in [-0.2, -0.15) is 5.10 Å². The van der Waals surface area contributed by atoms with Crippen LogP contribution in [0.25, 0.3) is 0 Å². The van der Waals surface area contributed by atoms with Crippen LogP contribution in [0.5, 0.6) is 0 Å². The van der Waals surface area contributed by atoms with Crippen LogP contribution in [-0.2, 0) is 13.5 Å². The first kappa shape index (κ1) is 10.3. The van der Waals surface area contributed by atoms with Crippen LogP contribution in [0, 0.1) is 0 Å². The van der Waals surface area contributed by atoms with Gasteiger partial charge in [0.2, 0.25) is 0 Å². The van der Waals surface area contributed by atoms with Crippen LogP contribution in [0.3, 0.4) is 0 Å². The highest BCUT2D eigenvalue weighted by Gasteiger charge is 2.10. The van der Waals surface area contributed by atoms with Gasteiger partial charge in [-0.05, 0) is 18.9 Å². The molecule has 5 heteroatoms. The molecule has 1 unspecified atom stereocenters. The Morgan fingerprint density at radius 2 is 2.40 bits per heavy atom. The van der Waals surface area contributed by atoms with E-state index in [1.165, 1.54) is 11.3 Å². The number of nitrogens with zero attached hydrogens (tertiary/aromatic N) is 3. The van der Waals surface area contributed by atoms with Crippen molar-refractivity contribution in [2.24, 2.45) is 7.05 Å². The van der Waals surface area contributed by atoms with Crippen molar-refractivity contribution in [2.75, 3.05) is 0 Å². The van der Waals surface area contributed by atoms with E-state index in [9.17, 15) is 5.11 Å². The number of thiazole rings is 1. The number of hydrogen-bond acceptors (Lipinski definition) is 4. The molecule has 2 heterocycles. The smallest absolute Gasteiger partial charge is 0.121 e. The topological polar surface area (TPSA) is 50.9 Å². The monoisotopic (exact) mass is 223 g/mol. The largest absolute Gasteiger partial charge is 0.386 e. The third-order valence-electron chi connectivity index (χ3n) is 2.33. The molecule has 0 spiro atoms. The van der Waals surface area contributed by atoms with Crippen LogP contribution in [0.4, 0.5) is 0 Å². The Labute approximate surface area is 92.2 Å². The fourth-order valence-corrected chi connectivity index (χ4v) is 2.11. The molecule has 0 saturated carbocycles. The zero-order chi connectivity index (χ0) is 10.7. The first-order valence-electron chi connectivity index (χ1n) is 4.81. The lowest BCUT2D eigenvalue weighted by Gasteiger charge is -2.07.